The maximum absolute atomic E-state index is 13.0. The molecule has 0 atom stereocenters. The lowest BCUT2D eigenvalue weighted by atomic mass is 9.72. The van der Waals surface area contributed by atoms with Gasteiger partial charge in [-0.1, -0.05) is 17.2 Å². The molecule has 0 aliphatic carbocycles. The Morgan fingerprint density at radius 3 is 2.38 bits per heavy atom. The Hall–Kier alpha value is -1.88. The zero-order valence-corrected chi connectivity index (χ0v) is 17.9. The second kappa shape index (κ2) is 8.47. The molecule has 0 unspecified atom stereocenters. The normalized spacial score (nSPS) is 22.9. The number of ether oxygens (including phenoxy) is 1. The standard InChI is InChI=1S/C24H34N2O3/c1-18-13-19(2)15-21(14-18)23(28)25-9-7-24(8-10-25)6-3-22(27)26(17-24)16-20-4-11-29-12-5-20/h13-15,20H,3-12,16-17H2,1-2H3. The predicted molar refractivity (Wildman–Crippen MR) is 113 cm³/mol. The van der Waals surface area contributed by atoms with Gasteiger partial charge in [0.25, 0.3) is 5.91 Å². The summed E-state index contributed by atoms with van der Waals surface area (Å²) in [6.45, 7) is 9.09. The number of amides is 2. The van der Waals surface area contributed by atoms with Crippen LogP contribution in [0.4, 0.5) is 0 Å². The van der Waals surface area contributed by atoms with Crippen LogP contribution in [0.5, 0.6) is 0 Å². The van der Waals surface area contributed by atoms with Crippen molar-refractivity contribution >= 4 is 11.8 Å². The molecule has 5 nitrogen and oxygen atoms in total. The van der Waals surface area contributed by atoms with Crippen LogP contribution in [0.15, 0.2) is 18.2 Å². The molecule has 1 aromatic carbocycles. The molecule has 0 saturated carbocycles. The first-order valence-electron chi connectivity index (χ1n) is 11.2. The van der Waals surface area contributed by atoms with Gasteiger partial charge in [0.1, 0.15) is 0 Å². The van der Waals surface area contributed by atoms with Crippen LogP contribution in [0.1, 0.15) is 60.0 Å². The molecule has 0 aromatic heterocycles. The molecular weight excluding hydrogens is 364 g/mol. The molecule has 3 aliphatic heterocycles. The van der Waals surface area contributed by atoms with Gasteiger partial charge in [-0.15, -0.1) is 0 Å². The van der Waals surface area contributed by atoms with Crippen LogP contribution >= 0.6 is 0 Å². The Bertz CT molecular complexity index is 741. The molecule has 0 N–H and O–H groups in total. The lowest BCUT2D eigenvalue weighted by Gasteiger charge is -2.48. The van der Waals surface area contributed by atoms with Gasteiger partial charge in [-0.25, -0.2) is 0 Å². The van der Waals surface area contributed by atoms with Crippen LogP contribution in [-0.2, 0) is 9.53 Å². The first-order valence-corrected chi connectivity index (χ1v) is 11.2. The lowest BCUT2D eigenvalue weighted by molar-refractivity contribution is -0.140. The molecule has 29 heavy (non-hydrogen) atoms. The minimum absolute atomic E-state index is 0.151. The predicted octanol–water partition coefficient (Wildman–Crippen LogP) is 3.57. The number of piperidine rings is 2. The zero-order valence-electron chi connectivity index (χ0n) is 17.9. The summed E-state index contributed by atoms with van der Waals surface area (Å²) >= 11 is 0. The number of hydrogen-bond donors (Lipinski definition) is 0. The molecule has 1 spiro atoms. The highest BCUT2D eigenvalue weighted by Gasteiger charge is 2.42. The van der Waals surface area contributed by atoms with Gasteiger partial charge in [-0.2, -0.15) is 0 Å². The monoisotopic (exact) mass is 398 g/mol. The highest BCUT2D eigenvalue weighted by Crippen LogP contribution is 2.41. The van der Waals surface area contributed by atoms with E-state index in [1.54, 1.807) is 0 Å². The van der Waals surface area contributed by atoms with Gasteiger partial charge in [-0.3, -0.25) is 9.59 Å². The summed E-state index contributed by atoms with van der Waals surface area (Å²) < 4.78 is 5.47. The third-order valence-electron chi connectivity index (χ3n) is 7.15. The highest BCUT2D eigenvalue weighted by atomic mass is 16.5. The molecule has 5 heteroatoms. The van der Waals surface area contributed by atoms with E-state index in [9.17, 15) is 9.59 Å². The number of benzene rings is 1. The SMILES string of the molecule is Cc1cc(C)cc(C(=O)N2CCC3(CCC(=O)N(CC4CCOCC4)C3)CC2)c1. The second-order valence-corrected chi connectivity index (χ2v) is 9.50. The van der Waals surface area contributed by atoms with E-state index in [-0.39, 0.29) is 11.3 Å². The van der Waals surface area contributed by atoms with E-state index in [1.807, 2.05) is 30.9 Å². The summed E-state index contributed by atoms with van der Waals surface area (Å²) in [5.74, 6) is 1.04. The number of carbonyl (C=O) groups excluding carboxylic acids is 2. The summed E-state index contributed by atoms with van der Waals surface area (Å²) in [6, 6.07) is 6.09. The minimum atomic E-state index is 0.151. The first-order chi connectivity index (χ1) is 13.9. The van der Waals surface area contributed by atoms with Crippen molar-refractivity contribution in [3.8, 4) is 0 Å². The van der Waals surface area contributed by atoms with Crippen LogP contribution in [-0.4, -0.2) is 61.0 Å². The largest absolute Gasteiger partial charge is 0.381 e. The molecule has 2 amide bonds. The van der Waals surface area contributed by atoms with E-state index in [0.717, 1.165) is 88.2 Å². The van der Waals surface area contributed by atoms with E-state index in [1.165, 1.54) is 0 Å². The van der Waals surface area contributed by atoms with Gasteiger partial charge in [0.05, 0.1) is 0 Å². The van der Waals surface area contributed by atoms with E-state index in [0.29, 0.717) is 18.2 Å². The van der Waals surface area contributed by atoms with E-state index in [4.69, 9.17) is 4.74 Å². The number of rotatable bonds is 3. The van der Waals surface area contributed by atoms with Crippen molar-refractivity contribution in [2.75, 3.05) is 39.4 Å². The zero-order chi connectivity index (χ0) is 20.4. The molecule has 3 saturated heterocycles. The third-order valence-corrected chi connectivity index (χ3v) is 7.15. The van der Waals surface area contributed by atoms with Gasteiger partial charge in [0, 0.05) is 51.4 Å². The van der Waals surface area contributed by atoms with Crippen molar-refractivity contribution in [1.82, 2.24) is 9.80 Å². The van der Waals surface area contributed by atoms with Crippen molar-refractivity contribution in [3.05, 3.63) is 34.9 Å². The fourth-order valence-corrected chi connectivity index (χ4v) is 5.38. The van der Waals surface area contributed by atoms with Gasteiger partial charge in [-0.05, 0) is 69.4 Å². The van der Waals surface area contributed by atoms with Crippen molar-refractivity contribution in [3.63, 3.8) is 0 Å². The van der Waals surface area contributed by atoms with Crippen molar-refractivity contribution < 1.29 is 14.3 Å². The van der Waals surface area contributed by atoms with Crippen LogP contribution in [0.3, 0.4) is 0 Å². The Morgan fingerprint density at radius 1 is 1.07 bits per heavy atom. The fourth-order valence-electron chi connectivity index (χ4n) is 5.38. The number of nitrogens with zero attached hydrogens (tertiary/aromatic N) is 2. The van der Waals surface area contributed by atoms with E-state index in [2.05, 4.69) is 11.0 Å². The maximum Gasteiger partial charge on any atom is 0.253 e. The maximum atomic E-state index is 13.0. The average molecular weight is 399 g/mol. The first kappa shape index (κ1) is 20.4. The molecule has 3 aliphatic rings. The number of carbonyl (C=O) groups is 2. The minimum Gasteiger partial charge on any atom is -0.381 e. The topological polar surface area (TPSA) is 49.9 Å². The van der Waals surface area contributed by atoms with Crippen molar-refractivity contribution in [1.29, 1.82) is 0 Å². The summed E-state index contributed by atoms with van der Waals surface area (Å²) in [5.41, 5.74) is 3.27. The Kier molecular flexibility index (Phi) is 5.95. The van der Waals surface area contributed by atoms with Gasteiger partial charge in [0.2, 0.25) is 5.91 Å². The van der Waals surface area contributed by atoms with Crippen LogP contribution in [0.25, 0.3) is 0 Å². The molecular formula is C24H34N2O3. The van der Waals surface area contributed by atoms with Crippen LogP contribution < -0.4 is 0 Å². The molecule has 0 bridgehead atoms. The number of aryl methyl sites for hydroxylation is 2. The second-order valence-electron chi connectivity index (χ2n) is 9.50. The highest BCUT2D eigenvalue weighted by molar-refractivity contribution is 5.94. The molecule has 3 fully saturated rings. The Morgan fingerprint density at radius 2 is 1.72 bits per heavy atom. The van der Waals surface area contributed by atoms with Gasteiger partial charge < -0.3 is 14.5 Å². The third kappa shape index (κ3) is 4.66. The van der Waals surface area contributed by atoms with Crippen LogP contribution in [0.2, 0.25) is 0 Å². The summed E-state index contributed by atoms with van der Waals surface area (Å²) in [4.78, 5) is 29.7. The van der Waals surface area contributed by atoms with Gasteiger partial charge >= 0.3 is 0 Å². The van der Waals surface area contributed by atoms with Crippen molar-refractivity contribution in [2.24, 2.45) is 11.3 Å². The lowest BCUT2D eigenvalue weighted by Crippen LogP contribution is -2.53. The smallest absolute Gasteiger partial charge is 0.253 e. The quantitative estimate of drug-likeness (QED) is 0.782. The van der Waals surface area contributed by atoms with E-state index < -0.39 is 0 Å². The Labute approximate surface area is 174 Å². The molecule has 0 radical (unpaired) electrons. The number of hydrogen-bond acceptors (Lipinski definition) is 3. The van der Waals surface area contributed by atoms with Crippen LogP contribution in [0, 0.1) is 25.2 Å². The van der Waals surface area contributed by atoms with E-state index >= 15 is 0 Å². The summed E-state index contributed by atoms with van der Waals surface area (Å²) in [6.07, 6.45) is 5.77. The molecule has 3 heterocycles. The summed E-state index contributed by atoms with van der Waals surface area (Å²) in [7, 11) is 0. The Balaban J connectivity index is 1.37. The number of likely N-dealkylation sites (tertiary alicyclic amines) is 2. The molecule has 4 rings (SSSR count). The molecule has 1 aromatic rings. The average Bonchev–Trinajstić information content (AvgIpc) is 2.71. The summed E-state index contributed by atoms with van der Waals surface area (Å²) in [5, 5.41) is 0. The van der Waals surface area contributed by atoms with Gasteiger partial charge in [0.15, 0.2) is 0 Å². The molecule has 158 valence electrons. The van der Waals surface area contributed by atoms with Crippen molar-refractivity contribution in [2.45, 2.75) is 52.4 Å². The fraction of sp³-hybridized carbons (Fsp3) is 0.667.